The van der Waals surface area contributed by atoms with Crippen molar-refractivity contribution in [1.29, 1.82) is 0 Å². The van der Waals surface area contributed by atoms with Gasteiger partial charge >= 0.3 is 18.9 Å². The van der Waals surface area contributed by atoms with Gasteiger partial charge in [-0.15, -0.1) is 0 Å². The molecule has 110 valence electrons. The van der Waals surface area contributed by atoms with Gasteiger partial charge in [0.05, 0.1) is 0 Å². The quantitative estimate of drug-likeness (QED) is 0.176. The van der Waals surface area contributed by atoms with Gasteiger partial charge in [-0.2, -0.15) is 0 Å². The van der Waals surface area contributed by atoms with Crippen LogP contribution in [0.3, 0.4) is 0 Å². The van der Waals surface area contributed by atoms with E-state index < -0.39 is 0 Å². The largest absolute Gasteiger partial charge is 0.0537 e. The van der Waals surface area contributed by atoms with E-state index in [1.54, 1.807) is 0 Å². The zero-order valence-electron chi connectivity index (χ0n) is 12.9. The Morgan fingerprint density at radius 2 is 0.360 bits per heavy atom. The Morgan fingerprint density at radius 1 is 0.240 bits per heavy atom. The molecule has 0 unspecified atom stereocenters. The van der Waals surface area contributed by atoms with Crippen LogP contribution in [0, 0.1) is 0 Å². The van der Waals surface area contributed by atoms with E-state index in [1.165, 1.54) is 64.6 Å². The van der Waals surface area contributed by atoms with Crippen LogP contribution in [0.5, 0.6) is 0 Å². The maximum atomic E-state index is 2.27. The Kier molecular flexibility index (Phi) is 2.39. The predicted molar refractivity (Wildman–Crippen MR) is 112 cm³/mol. The molecule has 0 N–H and O–H groups in total. The van der Waals surface area contributed by atoms with Crippen LogP contribution in [0.1, 0.15) is 0 Å². The number of hydrogen-bond donors (Lipinski definition) is 0. The minimum atomic E-state index is 0. The van der Waals surface area contributed by atoms with Crippen molar-refractivity contribution in [2.75, 3.05) is 0 Å². The second-order valence-electron chi connectivity index (χ2n) is 6.98. The van der Waals surface area contributed by atoms with Gasteiger partial charge in [-0.1, -0.05) is 72.8 Å². The molecule has 0 amide bonds. The van der Waals surface area contributed by atoms with E-state index in [4.69, 9.17) is 0 Å². The second kappa shape index (κ2) is 4.35. The fourth-order valence-electron chi connectivity index (χ4n) is 4.89. The summed E-state index contributed by atoms with van der Waals surface area (Å²) in [5, 5.41) is 16.7. The summed E-state index contributed by atoms with van der Waals surface area (Å²) in [6.45, 7) is 0. The molecule has 0 atom stereocenters. The zero-order valence-corrected chi connectivity index (χ0v) is 12.9. The molecule has 0 heterocycles. The standard InChI is InChI=1S/C24H12.Li.H/c1-2-14-5-6-16-9-11-18-12-10-17-8-7-15-4-3-13(1)19-20(14)22(16)24(18)23(17)21(15)19;;/h1-12H;;. The first-order valence-corrected chi connectivity index (χ1v) is 8.46. The minimum Gasteiger partial charge on any atom is -0.0537 e. The van der Waals surface area contributed by atoms with Gasteiger partial charge in [-0.3, -0.25) is 0 Å². The molecule has 25 heavy (non-hydrogen) atoms. The average molecular weight is 308 g/mol. The average Bonchev–Trinajstić information content (AvgIpc) is 2.65. The summed E-state index contributed by atoms with van der Waals surface area (Å²) in [5.74, 6) is 0. The maximum Gasteiger partial charge on any atom is -0.00139 e. The van der Waals surface area contributed by atoms with E-state index >= 15 is 0 Å². The summed E-state index contributed by atoms with van der Waals surface area (Å²) in [5.41, 5.74) is 0. The number of benzene rings is 7. The minimum absolute atomic E-state index is 0. The van der Waals surface area contributed by atoms with Crippen molar-refractivity contribution in [1.82, 2.24) is 0 Å². The van der Waals surface area contributed by atoms with Crippen LogP contribution in [-0.4, -0.2) is 18.9 Å². The number of rotatable bonds is 0. The van der Waals surface area contributed by atoms with Crippen molar-refractivity contribution >= 4 is 83.5 Å². The van der Waals surface area contributed by atoms with Crippen LogP contribution in [0.15, 0.2) is 72.8 Å². The summed E-state index contributed by atoms with van der Waals surface area (Å²) in [6, 6.07) is 27.3. The van der Waals surface area contributed by atoms with Crippen molar-refractivity contribution in [2.45, 2.75) is 0 Å². The van der Waals surface area contributed by atoms with Gasteiger partial charge in [0.15, 0.2) is 0 Å². The molecule has 0 fully saturated rings. The van der Waals surface area contributed by atoms with E-state index in [9.17, 15) is 0 Å². The van der Waals surface area contributed by atoms with Crippen LogP contribution < -0.4 is 0 Å². The molecule has 0 saturated carbocycles. The van der Waals surface area contributed by atoms with Crippen molar-refractivity contribution < 1.29 is 0 Å². The summed E-state index contributed by atoms with van der Waals surface area (Å²) < 4.78 is 0. The Labute approximate surface area is 156 Å². The van der Waals surface area contributed by atoms with Crippen LogP contribution in [0.2, 0.25) is 0 Å². The second-order valence-corrected chi connectivity index (χ2v) is 6.98. The van der Waals surface area contributed by atoms with Gasteiger partial charge in [-0.05, 0) is 64.6 Å². The first-order chi connectivity index (χ1) is 11.9. The molecule has 0 radical (unpaired) electrons. The number of hydrogen-bond acceptors (Lipinski definition) is 0. The van der Waals surface area contributed by atoms with E-state index in [0.29, 0.717) is 0 Å². The summed E-state index contributed by atoms with van der Waals surface area (Å²) in [6.07, 6.45) is 0. The summed E-state index contributed by atoms with van der Waals surface area (Å²) in [7, 11) is 0. The third-order valence-corrected chi connectivity index (χ3v) is 5.89. The van der Waals surface area contributed by atoms with E-state index in [1.807, 2.05) is 0 Å². The molecule has 0 spiro atoms. The molecule has 0 aliphatic rings. The van der Waals surface area contributed by atoms with Crippen LogP contribution in [0.4, 0.5) is 0 Å². The fraction of sp³-hybridized carbons (Fsp3) is 0. The van der Waals surface area contributed by atoms with E-state index in [-0.39, 0.29) is 18.9 Å². The van der Waals surface area contributed by atoms with E-state index in [0.717, 1.165) is 0 Å². The Balaban J connectivity index is 0.00000129. The molecule has 1 heteroatoms. The summed E-state index contributed by atoms with van der Waals surface area (Å²) in [4.78, 5) is 0. The topological polar surface area (TPSA) is 0 Å². The van der Waals surface area contributed by atoms with Gasteiger partial charge in [-0.25, -0.2) is 0 Å². The Morgan fingerprint density at radius 3 is 0.480 bits per heavy atom. The smallest absolute Gasteiger partial charge is 0.00139 e. The van der Waals surface area contributed by atoms with Crippen molar-refractivity contribution in [3.63, 3.8) is 0 Å². The van der Waals surface area contributed by atoms with Gasteiger partial charge < -0.3 is 0 Å². The van der Waals surface area contributed by atoms with Crippen LogP contribution >= 0.6 is 0 Å². The molecule has 0 bridgehead atoms. The molecule has 0 aliphatic carbocycles. The molecule has 0 aliphatic heterocycles. The van der Waals surface area contributed by atoms with Gasteiger partial charge in [0.2, 0.25) is 0 Å². The molecular formula is C24H13Li. The first kappa shape index (κ1) is 13.7. The molecule has 0 nitrogen and oxygen atoms in total. The third kappa shape index (κ3) is 1.43. The zero-order chi connectivity index (χ0) is 15.4. The van der Waals surface area contributed by atoms with Crippen LogP contribution in [0.25, 0.3) is 64.6 Å². The fourth-order valence-corrected chi connectivity index (χ4v) is 4.89. The molecule has 0 saturated heterocycles. The molecule has 7 aromatic rings. The monoisotopic (exact) mass is 308 g/mol. The third-order valence-electron chi connectivity index (χ3n) is 5.89. The van der Waals surface area contributed by atoms with Crippen molar-refractivity contribution in [3.8, 4) is 0 Å². The maximum absolute atomic E-state index is 2.27. The van der Waals surface area contributed by atoms with Crippen LogP contribution in [-0.2, 0) is 0 Å². The predicted octanol–water partition coefficient (Wildman–Crippen LogP) is 6.27. The van der Waals surface area contributed by atoms with Crippen molar-refractivity contribution in [3.05, 3.63) is 72.8 Å². The molecular weight excluding hydrogens is 295 g/mol. The van der Waals surface area contributed by atoms with E-state index in [2.05, 4.69) is 72.8 Å². The van der Waals surface area contributed by atoms with Gasteiger partial charge in [0.1, 0.15) is 0 Å². The van der Waals surface area contributed by atoms with Gasteiger partial charge in [0.25, 0.3) is 0 Å². The molecule has 7 rings (SSSR count). The Hall–Kier alpha value is -2.52. The van der Waals surface area contributed by atoms with Crippen molar-refractivity contribution in [2.24, 2.45) is 0 Å². The summed E-state index contributed by atoms with van der Waals surface area (Å²) >= 11 is 0. The first-order valence-electron chi connectivity index (χ1n) is 8.46. The Bertz CT molecular complexity index is 1150. The molecule has 7 aromatic carbocycles. The normalized spacial score (nSPS) is 12.5. The van der Waals surface area contributed by atoms with Gasteiger partial charge in [0, 0.05) is 0 Å². The SMILES string of the molecule is [LiH].c1cc2ccc3ccc4ccc5ccc6ccc1c1c2c3c4c5c61. The molecule has 0 aromatic heterocycles.